The number of furan rings is 1. The van der Waals surface area contributed by atoms with E-state index in [0.29, 0.717) is 22.3 Å². The van der Waals surface area contributed by atoms with E-state index in [1.807, 2.05) is 32.0 Å². The van der Waals surface area contributed by atoms with Crippen molar-refractivity contribution in [2.24, 2.45) is 0 Å². The Bertz CT molecular complexity index is 1000. The van der Waals surface area contributed by atoms with Gasteiger partial charge in [0.15, 0.2) is 6.61 Å². The summed E-state index contributed by atoms with van der Waals surface area (Å²) in [5.74, 6) is -0.485. The van der Waals surface area contributed by atoms with E-state index in [-0.39, 0.29) is 25.6 Å². The molecule has 0 aliphatic heterocycles. The van der Waals surface area contributed by atoms with Crippen molar-refractivity contribution in [3.63, 3.8) is 0 Å². The minimum Gasteiger partial charge on any atom is -0.482 e. The zero-order chi connectivity index (χ0) is 20.1. The van der Waals surface area contributed by atoms with Crippen LogP contribution < -0.4 is 4.74 Å². The topological polar surface area (TPSA) is 75.0 Å². The summed E-state index contributed by atoms with van der Waals surface area (Å²) >= 11 is 0. The maximum Gasteiger partial charge on any atom is 0.374 e. The van der Waals surface area contributed by atoms with Crippen LogP contribution >= 0.6 is 0 Å². The molecule has 0 bridgehead atoms. The van der Waals surface area contributed by atoms with Crippen LogP contribution in [-0.2, 0) is 20.9 Å². The standard InChI is InChI=1S/C22H22O6/c1-4-25-22(24)21-18(17-7-5-6-8-19(17)28-21)12-27-20(23)13-26-16-10-9-14(2)15(3)11-16/h5-11H,4,12-13H2,1-3H3. The Hall–Kier alpha value is -3.28. The van der Waals surface area contributed by atoms with Crippen molar-refractivity contribution < 1.29 is 28.2 Å². The molecule has 0 aliphatic carbocycles. The van der Waals surface area contributed by atoms with E-state index in [1.165, 1.54) is 0 Å². The van der Waals surface area contributed by atoms with Crippen LogP contribution in [0.3, 0.4) is 0 Å². The average molecular weight is 382 g/mol. The van der Waals surface area contributed by atoms with Crippen molar-refractivity contribution in [3.8, 4) is 5.75 Å². The molecule has 0 aliphatic rings. The van der Waals surface area contributed by atoms with E-state index in [2.05, 4.69) is 0 Å². The second-order valence-corrected chi connectivity index (χ2v) is 6.32. The largest absolute Gasteiger partial charge is 0.482 e. The summed E-state index contributed by atoms with van der Waals surface area (Å²) in [7, 11) is 0. The molecule has 0 amide bonds. The Kier molecular flexibility index (Phi) is 5.99. The first-order valence-electron chi connectivity index (χ1n) is 9.02. The van der Waals surface area contributed by atoms with Gasteiger partial charge in [0.1, 0.15) is 17.9 Å². The highest BCUT2D eigenvalue weighted by Gasteiger charge is 2.22. The van der Waals surface area contributed by atoms with Gasteiger partial charge in [0.05, 0.1) is 12.2 Å². The summed E-state index contributed by atoms with van der Waals surface area (Å²) in [6.07, 6.45) is 0. The molecule has 0 saturated carbocycles. The van der Waals surface area contributed by atoms with Crippen molar-refractivity contribution in [1.82, 2.24) is 0 Å². The zero-order valence-corrected chi connectivity index (χ0v) is 16.1. The van der Waals surface area contributed by atoms with Crippen LogP contribution in [0.5, 0.6) is 5.75 Å². The van der Waals surface area contributed by atoms with Crippen LogP contribution in [0.2, 0.25) is 0 Å². The summed E-state index contributed by atoms with van der Waals surface area (Å²) in [6.45, 7) is 5.57. The van der Waals surface area contributed by atoms with Crippen molar-refractivity contribution in [2.75, 3.05) is 13.2 Å². The molecular formula is C22H22O6. The second kappa shape index (κ2) is 8.61. The zero-order valence-electron chi connectivity index (χ0n) is 16.1. The number of carbonyl (C=O) groups excluding carboxylic acids is 2. The molecule has 1 heterocycles. The normalized spacial score (nSPS) is 10.7. The van der Waals surface area contributed by atoms with Gasteiger partial charge in [-0.05, 0) is 50.1 Å². The highest BCUT2D eigenvalue weighted by atomic mass is 16.6. The van der Waals surface area contributed by atoms with Gasteiger partial charge in [-0.2, -0.15) is 0 Å². The van der Waals surface area contributed by atoms with Crippen LogP contribution in [-0.4, -0.2) is 25.2 Å². The average Bonchev–Trinajstić information content (AvgIpc) is 3.06. The Morgan fingerprint density at radius 1 is 1.00 bits per heavy atom. The first-order chi connectivity index (χ1) is 13.5. The van der Waals surface area contributed by atoms with Gasteiger partial charge in [0.2, 0.25) is 5.76 Å². The molecule has 6 nitrogen and oxygen atoms in total. The monoisotopic (exact) mass is 382 g/mol. The summed E-state index contributed by atoms with van der Waals surface area (Å²) in [5, 5.41) is 0.702. The van der Waals surface area contributed by atoms with Gasteiger partial charge >= 0.3 is 11.9 Å². The van der Waals surface area contributed by atoms with Crippen LogP contribution in [0, 0.1) is 13.8 Å². The number of fused-ring (bicyclic) bond motifs is 1. The van der Waals surface area contributed by atoms with Crippen molar-refractivity contribution >= 4 is 22.9 Å². The third-order valence-corrected chi connectivity index (χ3v) is 4.37. The molecule has 3 rings (SSSR count). The Balaban J connectivity index is 1.68. The fourth-order valence-electron chi connectivity index (χ4n) is 2.74. The molecule has 0 saturated heterocycles. The Morgan fingerprint density at radius 3 is 2.54 bits per heavy atom. The molecule has 146 valence electrons. The smallest absolute Gasteiger partial charge is 0.374 e. The number of para-hydroxylation sites is 1. The SMILES string of the molecule is CCOC(=O)c1oc2ccccc2c1COC(=O)COc1ccc(C)c(C)c1. The molecule has 0 fully saturated rings. The number of hydrogen-bond donors (Lipinski definition) is 0. The molecule has 6 heteroatoms. The molecular weight excluding hydrogens is 360 g/mol. The van der Waals surface area contributed by atoms with Crippen molar-refractivity contribution in [1.29, 1.82) is 0 Å². The van der Waals surface area contributed by atoms with E-state index in [9.17, 15) is 9.59 Å². The van der Waals surface area contributed by atoms with Crippen LogP contribution in [0.4, 0.5) is 0 Å². The quantitative estimate of drug-likeness (QED) is 0.566. The highest BCUT2D eigenvalue weighted by Crippen LogP contribution is 2.27. The Labute approximate surface area is 163 Å². The predicted molar refractivity (Wildman–Crippen MR) is 103 cm³/mol. The highest BCUT2D eigenvalue weighted by molar-refractivity contribution is 5.96. The molecule has 0 N–H and O–H groups in total. The fourth-order valence-corrected chi connectivity index (χ4v) is 2.74. The van der Waals surface area contributed by atoms with E-state index in [1.54, 1.807) is 31.2 Å². The second-order valence-electron chi connectivity index (χ2n) is 6.32. The van der Waals surface area contributed by atoms with E-state index >= 15 is 0 Å². The number of carbonyl (C=O) groups is 2. The van der Waals surface area contributed by atoms with Gasteiger partial charge < -0.3 is 18.6 Å². The van der Waals surface area contributed by atoms with Crippen LogP contribution in [0.15, 0.2) is 46.9 Å². The molecule has 0 atom stereocenters. The van der Waals surface area contributed by atoms with E-state index in [0.717, 1.165) is 11.1 Å². The first kappa shape index (κ1) is 19.5. The van der Waals surface area contributed by atoms with Crippen LogP contribution in [0.1, 0.15) is 34.2 Å². The van der Waals surface area contributed by atoms with Gasteiger partial charge in [-0.25, -0.2) is 9.59 Å². The van der Waals surface area contributed by atoms with Gasteiger partial charge in [-0.15, -0.1) is 0 Å². The minimum atomic E-state index is -0.587. The summed E-state index contributed by atoms with van der Waals surface area (Å²) in [6, 6.07) is 12.8. The minimum absolute atomic E-state index is 0.0472. The third kappa shape index (κ3) is 4.34. The number of rotatable bonds is 7. The molecule has 1 aromatic heterocycles. The number of aryl methyl sites for hydroxylation is 2. The summed E-state index contributed by atoms with van der Waals surface area (Å²) in [4.78, 5) is 24.3. The van der Waals surface area contributed by atoms with E-state index in [4.69, 9.17) is 18.6 Å². The summed E-state index contributed by atoms with van der Waals surface area (Å²) < 4.78 is 21.4. The Morgan fingerprint density at radius 2 is 1.79 bits per heavy atom. The molecule has 0 unspecified atom stereocenters. The maximum absolute atomic E-state index is 12.2. The van der Waals surface area contributed by atoms with E-state index < -0.39 is 11.9 Å². The molecule has 28 heavy (non-hydrogen) atoms. The molecule has 2 aromatic carbocycles. The molecule has 0 spiro atoms. The first-order valence-corrected chi connectivity index (χ1v) is 9.02. The van der Waals surface area contributed by atoms with Gasteiger partial charge in [0, 0.05) is 5.39 Å². The maximum atomic E-state index is 12.2. The summed E-state index contributed by atoms with van der Waals surface area (Å²) in [5.41, 5.74) is 3.24. The molecule has 0 radical (unpaired) electrons. The number of hydrogen-bond acceptors (Lipinski definition) is 6. The van der Waals surface area contributed by atoms with Gasteiger partial charge in [-0.1, -0.05) is 24.3 Å². The van der Waals surface area contributed by atoms with Crippen molar-refractivity contribution in [3.05, 3.63) is 64.9 Å². The molecule has 3 aromatic rings. The lowest BCUT2D eigenvalue weighted by molar-refractivity contribution is -0.147. The van der Waals surface area contributed by atoms with Gasteiger partial charge in [0.25, 0.3) is 0 Å². The lowest BCUT2D eigenvalue weighted by atomic mass is 10.1. The van der Waals surface area contributed by atoms with Crippen molar-refractivity contribution in [2.45, 2.75) is 27.4 Å². The lowest BCUT2D eigenvalue weighted by Gasteiger charge is -2.09. The predicted octanol–water partition coefficient (Wildman–Crippen LogP) is 4.35. The fraction of sp³-hybridized carbons (Fsp3) is 0.273. The third-order valence-electron chi connectivity index (χ3n) is 4.37. The lowest BCUT2D eigenvalue weighted by Crippen LogP contribution is -2.16. The van der Waals surface area contributed by atoms with Gasteiger partial charge in [-0.3, -0.25) is 0 Å². The number of esters is 2. The van der Waals surface area contributed by atoms with Crippen LogP contribution in [0.25, 0.3) is 11.0 Å². The number of benzene rings is 2. The number of ether oxygens (including phenoxy) is 3.